The minimum atomic E-state index is -0.566. The number of nitrogens with zero attached hydrogens (tertiary/aromatic N) is 1. The molecule has 0 atom stereocenters. The van der Waals surface area contributed by atoms with E-state index in [-0.39, 0.29) is 17.9 Å². The zero-order valence-electron chi connectivity index (χ0n) is 13.6. The maximum absolute atomic E-state index is 11.9. The molecule has 0 spiro atoms. The van der Waals surface area contributed by atoms with Crippen LogP contribution in [0.2, 0.25) is 0 Å². The molecule has 132 valence electrons. The number of nitro groups is 1. The number of hydrogen-bond acceptors (Lipinski definition) is 7. The first-order valence-corrected chi connectivity index (χ1v) is 8.14. The largest absolute Gasteiger partial charge is 0.490 e. The standard InChI is InChI=1S/C16H16N2O6S/c1-10-5-13(18(21)22)14(23-2)7-12(10)17-15(19)8-24-16(20)6-11-3-4-25-9-11/h3-5,7,9H,6,8H2,1-2H3,(H,17,19). The fourth-order valence-corrected chi connectivity index (χ4v) is 2.73. The Morgan fingerprint density at radius 1 is 1.36 bits per heavy atom. The van der Waals surface area contributed by atoms with Gasteiger partial charge < -0.3 is 14.8 Å². The number of hydrogen-bond donors (Lipinski definition) is 1. The number of benzene rings is 1. The number of anilines is 1. The van der Waals surface area contributed by atoms with Gasteiger partial charge in [0.1, 0.15) is 0 Å². The van der Waals surface area contributed by atoms with Crippen LogP contribution in [0.5, 0.6) is 5.75 Å². The Kier molecular flexibility index (Phi) is 6.07. The van der Waals surface area contributed by atoms with Gasteiger partial charge in [-0.2, -0.15) is 11.3 Å². The highest BCUT2D eigenvalue weighted by atomic mass is 32.1. The summed E-state index contributed by atoms with van der Waals surface area (Å²) in [6.07, 6.45) is 0.0984. The Morgan fingerprint density at radius 3 is 2.72 bits per heavy atom. The van der Waals surface area contributed by atoms with Crippen molar-refractivity contribution in [3.05, 3.63) is 50.2 Å². The molecule has 8 nitrogen and oxygen atoms in total. The van der Waals surface area contributed by atoms with Crippen LogP contribution in [-0.2, 0) is 20.7 Å². The van der Waals surface area contributed by atoms with Gasteiger partial charge in [0.25, 0.3) is 5.91 Å². The van der Waals surface area contributed by atoms with E-state index in [1.807, 2.05) is 10.8 Å². The van der Waals surface area contributed by atoms with Crippen LogP contribution >= 0.6 is 11.3 Å². The number of thiophene rings is 1. The van der Waals surface area contributed by atoms with Gasteiger partial charge in [0.05, 0.1) is 18.5 Å². The summed E-state index contributed by atoms with van der Waals surface area (Å²) in [5.74, 6) is -1.02. The number of esters is 1. The summed E-state index contributed by atoms with van der Waals surface area (Å²) in [6.45, 7) is 1.17. The average Bonchev–Trinajstić information content (AvgIpc) is 3.07. The van der Waals surface area contributed by atoms with E-state index in [0.29, 0.717) is 11.3 Å². The summed E-state index contributed by atoms with van der Waals surface area (Å²) in [5, 5.41) is 17.2. The van der Waals surface area contributed by atoms with E-state index in [4.69, 9.17) is 9.47 Å². The zero-order chi connectivity index (χ0) is 18.4. The van der Waals surface area contributed by atoms with Gasteiger partial charge >= 0.3 is 11.7 Å². The molecule has 9 heteroatoms. The molecule has 1 amide bonds. The zero-order valence-corrected chi connectivity index (χ0v) is 14.4. The molecule has 2 rings (SSSR count). The molecule has 1 aromatic heterocycles. The van der Waals surface area contributed by atoms with Crippen molar-refractivity contribution in [1.29, 1.82) is 0 Å². The molecule has 25 heavy (non-hydrogen) atoms. The molecular formula is C16H16N2O6S. The third kappa shape index (κ3) is 5.01. The lowest BCUT2D eigenvalue weighted by molar-refractivity contribution is -0.385. The van der Waals surface area contributed by atoms with Crippen LogP contribution in [-0.4, -0.2) is 30.5 Å². The number of nitrogens with one attached hydrogen (secondary N) is 1. The minimum absolute atomic E-state index is 0.0281. The summed E-state index contributed by atoms with van der Waals surface area (Å²) in [4.78, 5) is 34.0. The van der Waals surface area contributed by atoms with Gasteiger partial charge in [-0.3, -0.25) is 19.7 Å². The number of amides is 1. The number of aryl methyl sites for hydroxylation is 1. The Labute approximate surface area is 147 Å². The van der Waals surface area contributed by atoms with Gasteiger partial charge in [0, 0.05) is 17.8 Å². The molecule has 1 N–H and O–H groups in total. The van der Waals surface area contributed by atoms with Crippen molar-refractivity contribution in [3.63, 3.8) is 0 Å². The summed E-state index contributed by atoms with van der Waals surface area (Å²) >= 11 is 1.47. The number of ether oxygens (including phenoxy) is 2. The third-order valence-electron chi connectivity index (χ3n) is 3.29. The quantitative estimate of drug-likeness (QED) is 0.460. The Balaban J connectivity index is 1.96. The molecule has 1 heterocycles. The van der Waals surface area contributed by atoms with Crippen LogP contribution < -0.4 is 10.1 Å². The van der Waals surface area contributed by atoms with E-state index in [0.717, 1.165) is 5.56 Å². The number of methoxy groups -OCH3 is 1. The SMILES string of the molecule is COc1cc(NC(=O)COC(=O)Cc2ccsc2)c(C)cc1[N+](=O)[O-]. The van der Waals surface area contributed by atoms with Crippen LogP contribution in [0.15, 0.2) is 29.0 Å². The summed E-state index contributed by atoms with van der Waals surface area (Å²) in [5.41, 5.74) is 1.47. The van der Waals surface area contributed by atoms with Crippen molar-refractivity contribution in [1.82, 2.24) is 0 Å². The number of carbonyl (C=O) groups is 2. The maximum Gasteiger partial charge on any atom is 0.311 e. The highest BCUT2D eigenvalue weighted by molar-refractivity contribution is 7.07. The first-order chi connectivity index (χ1) is 11.9. The second-order valence-corrected chi connectivity index (χ2v) is 5.89. The van der Waals surface area contributed by atoms with Crippen LogP contribution in [0, 0.1) is 17.0 Å². The van der Waals surface area contributed by atoms with Gasteiger partial charge in [-0.25, -0.2) is 0 Å². The van der Waals surface area contributed by atoms with Crippen molar-refractivity contribution in [2.45, 2.75) is 13.3 Å². The van der Waals surface area contributed by atoms with Gasteiger partial charge in [-0.05, 0) is 34.9 Å². The van der Waals surface area contributed by atoms with Crippen molar-refractivity contribution >= 4 is 34.6 Å². The molecule has 0 saturated carbocycles. The molecular weight excluding hydrogens is 348 g/mol. The molecule has 2 aromatic rings. The van der Waals surface area contributed by atoms with Crippen molar-refractivity contribution in [2.75, 3.05) is 19.0 Å². The van der Waals surface area contributed by atoms with E-state index in [2.05, 4.69) is 5.32 Å². The monoisotopic (exact) mass is 364 g/mol. The first kappa shape index (κ1) is 18.4. The molecule has 0 aliphatic carbocycles. The summed E-state index contributed by atoms with van der Waals surface area (Å²) < 4.78 is 9.89. The first-order valence-electron chi connectivity index (χ1n) is 7.20. The number of rotatable bonds is 7. The van der Waals surface area contributed by atoms with Crippen LogP contribution in [0.1, 0.15) is 11.1 Å². The fraction of sp³-hybridized carbons (Fsp3) is 0.250. The molecule has 0 radical (unpaired) electrons. The molecule has 0 bridgehead atoms. The van der Waals surface area contributed by atoms with E-state index in [9.17, 15) is 19.7 Å². The van der Waals surface area contributed by atoms with Gasteiger partial charge in [-0.1, -0.05) is 0 Å². The molecule has 0 fully saturated rings. The Morgan fingerprint density at radius 2 is 2.12 bits per heavy atom. The van der Waals surface area contributed by atoms with Gasteiger partial charge in [0.15, 0.2) is 12.4 Å². The van der Waals surface area contributed by atoms with E-state index in [1.165, 1.54) is 30.6 Å². The lowest BCUT2D eigenvalue weighted by Crippen LogP contribution is -2.22. The predicted octanol–water partition coefficient (Wildman–Crippen LogP) is 2.70. The predicted molar refractivity (Wildman–Crippen MR) is 92.0 cm³/mol. The third-order valence-corrected chi connectivity index (χ3v) is 4.02. The van der Waals surface area contributed by atoms with E-state index < -0.39 is 23.4 Å². The highest BCUT2D eigenvalue weighted by Crippen LogP contribution is 2.32. The molecule has 0 unspecified atom stereocenters. The van der Waals surface area contributed by atoms with Crippen LogP contribution in [0.4, 0.5) is 11.4 Å². The van der Waals surface area contributed by atoms with Gasteiger partial charge in [0.2, 0.25) is 0 Å². The van der Waals surface area contributed by atoms with Crippen LogP contribution in [0.3, 0.4) is 0 Å². The summed E-state index contributed by atoms with van der Waals surface area (Å²) in [6, 6.07) is 4.47. The normalized spacial score (nSPS) is 10.2. The number of nitro benzene ring substituents is 1. The van der Waals surface area contributed by atoms with Gasteiger partial charge in [-0.15, -0.1) is 0 Å². The molecule has 0 saturated heterocycles. The second-order valence-electron chi connectivity index (χ2n) is 5.11. The molecule has 1 aromatic carbocycles. The topological polar surface area (TPSA) is 108 Å². The van der Waals surface area contributed by atoms with Crippen LogP contribution in [0.25, 0.3) is 0 Å². The molecule has 0 aliphatic rings. The van der Waals surface area contributed by atoms with E-state index >= 15 is 0 Å². The Bertz CT molecular complexity index is 788. The second kappa shape index (κ2) is 8.25. The van der Waals surface area contributed by atoms with Crippen molar-refractivity contribution < 1.29 is 24.0 Å². The lowest BCUT2D eigenvalue weighted by Gasteiger charge is -2.11. The minimum Gasteiger partial charge on any atom is -0.490 e. The molecule has 0 aliphatic heterocycles. The van der Waals surface area contributed by atoms with E-state index in [1.54, 1.807) is 13.0 Å². The lowest BCUT2D eigenvalue weighted by atomic mass is 10.1. The van der Waals surface area contributed by atoms with Crippen molar-refractivity contribution in [2.24, 2.45) is 0 Å². The Hall–Kier alpha value is -2.94. The summed E-state index contributed by atoms with van der Waals surface area (Å²) in [7, 11) is 1.30. The fourth-order valence-electron chi connectivity index (χ4n) is 2.06. The van der Waals surface area contributed by atoms with Crippen molar-refractivity contribution in [3.8, 4) is 5.75 Å². The number of carbonyl (C=O) groups excluding carboxylic acids is 2. The average molecular weight is 364 g/mol. The smallest absolute Gasteiger partial charge is 0.311 e. The highest BCUT2D eigenvalue weighted by Gasteiger charge is 2.18. The maximum atomic E-state index is 11.9.